The summed E-state index contributed by atoms with van der Waals surface area (Å²) in [5.74, 6) is -0.902. The third-order valence-corrected chi connectivity index (χ3v) is 8.15. The lowest BCUT2D eigenvalue weighted by Gasteiger charge is -2.19. The maximum absolute atomic E-state index is 12.6. The zero-order valence-corrected chi connectivity index (χ0v) is 22.5. The molecule has 2 aliphatic rings. The molecule has 0 atom stereocenters. The number of halogens is 2. The summed E-state index contributed by atoms with van der Waals surface area (Å²) < 4.78 is 12.6. The average molecular weight is 530 g/mol. The van der Waals surface area contributed by atoms with Crippen molar-refractivity contribution < 1.29 is 14.3 Å². The summed E-state index contributed by atoms with van der Waals surface area (Å²) in [5, 5.41) is 10.3. The van der Waals surface area contributed by atoms with E-state index in [2.05, 4.69) is 48.2 Å². The number of likely N-dealkylation sites (tertiary alicyclic amines) is 1. The molecule has 1 N–H and O–H groups in total. The molecule has 3 aromatic carbocycles. The fourth-order valence-electron chi connectivity index (χ4n) is 5.77. The molecule has 0 amide bonds. The van der Waals surface area contributed by atoms with Crippen LogP contribution in [0.2, 0.25) is 5.02 Å². The van der Waals surface area contributed by atoms with Gasteiger partial charge in [0.25, 0.3) is 0 Å². The van der Waals surface area contributed by atoms with E-state index in [0.29, 0.717) is 12.0 Å². The summed E-state index contributed by atoms with van der Waals surface area (Å²) in [6.45, 7) is 4.52. The molecule has 0 saturated carbocycles. The topological polar surface area (TPSA) is 40.5 Å². The summed E-state index contributed by atoms with van der Waals surface area (Å²) in [6, 6.07) is 20.3. The smallest absolute Gasteiger partial charge is 0.335 e. The van der Waals surface area contributed by atoms with Crippen molar-refractivity contribution in [2.24, 2.45) is 0 Å². The first-order valence-corrected chi connectivity index (χ1v) is 13.8. The summed E-state index contributed by atoms with van der Waals surface area (Å²) >= 11 is 6.55. The molecule has 0 aromatic heterocycles. The monoisotopic (exact) mass is 529 g/mol. The third-order valence-electron chi connectivity index (χ3n) is 7.74. The van der Waals surface area contributed by atoms with Crippen molar-refractivity contribution in [3.8, 4) is 0 Å². The highest BCUT2D eigenvalue weighted by Gasteiger charge is 2.23. The van der Waals surface area contributed by atoms with Crippen LogP contribution in [0.4, 0.5) is 4.39 Å². The van der Waals surface area contributed by atoms with Crippen LogP contribution in [0.25, 0.3) is 17.2 Å². The van der Waals surface area contributed by atoms with Gasteiger partial charge < -0.3 is 5.11 Å². The Kier molecular flexibility index (Phi) is 8.11. The number of hydrogen-bond donors (Lipinski definition) is 1. The molecule has 1 aliphatic heterocycles. The molecule has 196 valence electrons. The van der Waals surface area contributed by atoms with Gasteiger partial charge in [-0.2, -0.15) is 0 Å². The third kappa shape index (κ3) is 5.62. The molecular formula is C33H33ClFNO2. The SMILES string of the molecule is Cc1c(Cl)cccc1C1=C(c2ccc(C=C3CCN(CCCF)C3)cc2)c2ccc(C(=O)O)cc2CCC1. The number of carboxylic acid groups (broad SMARTS) is 1. The second kappa shape index (κ2) is 11.7. The molecule has 1 heterocycles. The van der Waals surface area contributed by atoms with Gasteiger partial charge in [0.1, 0.15) is 0 Å². The van der Waals surface area contributed by atoms with Gasteiger partial charge in [0.2, 0.25) is 0 Å². The van der Waals surface area contributed by atoms with Crippen LogP contribution in [0.15, 0.2) is 66.2 Å². The Morgan fingerprint density at radius 3 is 2.63 bits per heavy atom. The predicted octanol–water partition coefficient (Wildman–Crippen LogP) is 8.09. The second-order valence-corrected chi connectivity index (χ2v) is 10.7. The van der Waals surface area contributed by atoms with Crippen molar-refractivity contribution in [3.63, 3.8) is 0 Å². The Hall–Kier alpha value is -3.21. The van der Waals surface area contributed by atoms with Crippen molar-refractivity contribution in [1.29, 1.82) is 0 Å². The van der Waals surface area contributed by atoms with Gasteiger partial charge >= 0.3 is 5.97 Å². The van der Waals surface area contributed by atoms with E-state index in [4.69, 9.17) is 11.6 Å². The number of carboxylic acids is 1. The lowest BCUT2D eigenvalue weighted by molar-refractivity contribution is 0.0696. The van der Waals surface area contributed by atoms with Crippen molar-refractivity contribution in [3.05, 3.63) is 110 Å². The van der Waals surface area contributed by atoms with E-state index in [1.165, 1.54) is 11.1 Å². The van der Waals surface area contributed by atoms with Crippen LogP contribution in [0.1, 0.15) is 69.4 Å². The lowest BCUT2D eigenvalue weighted by atomic mass is 9.86. The zero-order chi connectivity index (χ0) is 26.6. The van der Waals surface area contributed by atoms with Gasteiger partial charge in [0.05, 0.1) is 12.2 Å². The highest BCUT2D eigenvalue weighted by Crippen LogP contribution is 2.42. The number of rotatable bonds is 7. The van der Waals surface area contributed by atoms with Crippen LogP contribution in [0, 0.1) is 6.92 Å². The van der Waals surface area contributed by atoms with E-state index in [0.717, 1.165) is 89.3 Å². The second-order valence-electron chi connectivity index (χ2n) is 10.3. The predicted molar refractivity (Wildman–Crippen MR) is 155 cm³/mol. The van der Waals surface area contributed by atoms with Crippen LogP contribution < -0.4 is 0 Å². The first-order chi connectivity index (χ1) is 18.4. The Morgan fingerprint density at radius 2 is 1.87 bits per heavy atom. The van der Waals surface area contributed by atoms with Crippen LogP contribution in [0.3, 0.4) is 0 Å². The van der Waals surface area contributed by atoms with Crippen molar-refractivity contribution in [2.75, 3.05) is 26.3 Å². The van der Waals surface area contributed by atoms with Gasteiger partial charge in [-0.25, -0.2) is 4.79 Å². The fraction of sp³-hybridized carbons (Fsp3) is 0.303. The molecule has 0 spiro atoms. The minimum atomic E-state index is -0.902. The average Bonchev–Trinajstić information content (AvgIpc) is 3.27. The van der Waals surface area contributed by atoms with Gasteiger partial charge in [-0.3, -0.25) is 9.29 Å². The molecule has 0 unspecified atom stereocenters. The van der Waals surface area contributed by atoms with Gasteiger partial charge in [0.15, 0.2) is 0 Å². The first-order valence-electron chi connectivity index (χ1n) is 13.4. The number of nitrogens with zero attached hydrogens (tertiary/aromatic N) is 1. The number of aromatic carboxylic acids is 1. The standard InChI is InChI=1S/C33H33ClFNO2/c1-22-28(6-3-8-31(22)34)30-7-2-5-26-20-27(33(37)38)13-14-29(26)32(30)25-11-9-23(10-12-25)19-24-15-18-36(21-24)17-4-16-35/h3,6,8-14,19-20H,2,4-5,7,15-18,21H2,1H3,(H,37,38). The van der Waals surface area contributed by atoms with Crippen molar-refractivity contribution >= 4 is 34.8 Å². The van der Waals surface area contributed by atoms with Crippen LogP contribution in [0.5, 0.6) is 0 Å². The van der Waals surface area contributed by atoms with Crippen LogP contribution in [-0.2, 0) is 6.42 Å². The van der Waals surface area contributed by atoms with Gasteiger partial charge in [-0.15, -0.1) is 0 Å². The summed E-state index contributed by atoms with van der Waals surface area (Å²) in [5.41, 5.74) is 10.7. The Labute approximate surface area is 229 Å². The minimum Gasteiger partial charge on any atom is -0.478 e. The Balaban J connectivity index is 1.57. The van der Waals surface area contributed by atoms with Gasteiger partial charge in [-0.05, 0) is 102 Å². The quantitative estimate of drug-likeness (QED) is 0.336. The number of allylic oxidation sites excluding steroid dienone is 1. The van der Waals surface area contributed by atoms with Crippen LogP contribution >= 0.6 is 11.6 Å². The van der Waals surface area contributed by atoms with Gasteiger partial charge in [0, 0.05) is 24.7 Å². The first kappa shape index (κ1) is 26.4. The van der Waals surface area contributed by atoms with Crippen molar-refractivity contribution in [2.45, 2.75) is 39.0 Å². The molecule has 1 saturated heterocycles. The van der Waals surface area contributed by atoms with E-state index in [-0.39, 0.29) is 6.67 Å². The molecule has 38 heavy (non-hydrogen) atoms. The molecule has 3 nitrogen and oxygen atoms in total. The van der Waals surface area contributed by atoms with E-state index >= 15 is 0 Å². The lowest BCUT2D eigenvalue weighted by Crippen LogP contribution is -2.20. The van der Waals surface area contributed by atoms with E-state index < -0.39 is 5.97 Å². The number of alkyl halides is 1. The minimum absolute atomic E-state index is 0.260. The Bertz CT molecular complexity index is 1410. The maximum atomic E-state index is 12.6. The van der Waals surface area contributed by atoms with Crippen molar-refractivity contribution in [1.82, 2.24) is 4.90 Å². The van der Waals surface area contributed by atoms with Gasteiger partial charge in [-0.1, -0.05) is 65.7 Å². The fourth-order valence-corrected chi connectivity index (χ4v) is 5.95. The summed E-state index contributed by atoms with van der Waals surface area (Å²) in [7, 11) is 0. The molecule has 5 rings (SSSR count). The number of aryl methyl sites for hydroxylation is 1. The molecule has 0 radical (unpaired) electrons. The largest absolute Gasteiger partial charge is 0.478 e. The highest BCUT2D eigenvalue weighted by atomic mass is 35.5. The highest BCUT2D eigenvalue weighted by molar-refractivity contribution is 6.31. The zero-order valence-electron chi connectivity index (χ0n) is 21.8. The number of hydrogen-bond acceptors (Lipinski definition) is 2. The summed E-state index contributed by atoms with van der Waals surface area (Å²) in [4.78, 5) is 14.0. The van der Waals surface area contributed by atoms with E-state index in [1.54, 1.807) is 6.07 Å². The molecule has 1 fully saturated rings. The molecule has 3 aromatic rings. The normalized spacial score (nSPS) is 17.1. The molecular weight excluding hydrogens is 497 g/mol. The molecule has 5 heteroatoms. The van der Waals surface area contributed by atoms with E-state index in [1.807, 2.05) is 24.3 Å². The number of benzene rings is 3. The maximum Gasteiger partial charge on any atom is 0.335 e. The summed E-state index contributed by atoms with van der Waals surface area (Å²) in [6.07, 6.45) is 6.53. The molecule has 0 bridgehead atoms. The van der Waals surface area contributed by atoms with E-state index in [9.17, 15) is 14.3 Å². The number of fused-ring (bicyclic) bond motifs is 1. The van der Waals surface area contributed by atoms with Crippen LogP contribution in [-0.4, -0.2) is 42.3 Å². The molecule has 1 aliphatic carbocycles. The number of carbonyl (C=O) groups is 1. The Morgan fingerprint density at radius 1 is 1.05 bits per heavy atom.